The standard InChI is InChI=1S/C18H35ClN2O7/c1-4-5-10-27-17-14(24)12(22)13(23)15(28-17)16(25)21(9-6-11(2)3)18(26)20-8-7-19/h11-17,22-25H,4-10H2,1-3H3,(H,20,26)/t12-,13-,14+,15-,16?,17-/m0/s1. The molecular weight excluding hydrogens is 392 g/mol. The van der Waals surface area contributed by atoms with Crippen molar-refractivity contribution in [3.63, 3.8) is 0 Å². The van der Waals surface area contributed by atoms with Gasteiger partial charge in [-0.1, -0.05) is 27.2 Å². The van der Waals surface area contributed by atoms with Gasteiger partial charge >= 0.3 is 6.03 Å². The average molecular weight is 427 g/mol. The van der Waals surface area contributed by atoms with Gasteiger partial charge in [0.1, 0.15) is 24.4 Å². The first-order valence-electron chi connectivity index (χ1n) is 9.84. The van der Waals surface area contributed by atoms with Crippen molar-refractivity contribution in [2.75, 3.05) is 25.6 Å². The highest BCUT2D eigenvalue weighted by Crippen LogP contribution is 2.26. The number of rotatable bonds is 11. The summed E-state index contributed by atoms with van der Waals surface area (Å²) in [6.45, 7) is 6.63. The van der Waals surface area contributed by atoms with Crippen molar-refractivity contribution in [3.8, 4) is 0 Å². The topological polar surface area (TPSA) is 132 Å². The van der Waals surface area contributed by atoms with Crippen molar-refractivity contribution in [3.05, 3.63) is 0 Å². The van der Waals surface area contributed by atoms with E-state index >= 15 is 0 Å². The molecule has 0 saturated carbocycles. The van der Waals surface area contributed by atoms with Crippen LogP contribution in [-0.2, 0) is 9.47 Å². The monoisotopic (exact) mass is 426 g/mol. The van der Waals surface area contributed by atoms with Crippen LogP contribution in [0.1, 0.15) is 40.0 Å². The van der Waals surface area contributed by atoms with Gasteiger partial charge in [-0.3, -0.25) is 4.90 Å². The van der Waals surface area contributed by atoms with Crippen molar-refractivity contribution >= 4 is 17.6 Å². The van der Waals surface area contributed by atoms with Gasteiger partial charge in [0.2, 0.25) is 0 Å². The number of hydrogen-bond donors (Lipinski definition) is 5. The van der Waals surface area contributed by atoms with Crippen molar-refractivity contribution in [1.82, 2.24) is 10.2 Å². The van der Waals surface area contributed by atoms with E-state index in [1.165, 1.54) is 0 Å². The molecule has 9 nitrogen and oxygen atoms in total. The lowest BCUT2D eigenvalue weighted by atomic mass is 9.97. The van der Waals surface area contributed by atoms with Crippen molar-refractivity contribution < 1.29 is 34.7 Å². The van der Waals surface area contributed by atoms with Gasteiger partial charge in [-0.2, -0.15) is 0 Å². The second-order valence-corrected chi connectivity index (χ2v) is 7.75. The minimum atomic E-state index is -1.60. The van der Waals surface area contributed by atoms with Crippen molar-refractivity contribution in [2.24, 2.45) is 5.92 Å². The van der Waals surface area contributed by atoms with Crippen LogP contribution in [0.15, 0.2) is 0 Å². The number of ether oxygens (including phenoxy) is 2. The molecule has 0 aromatic rings. The normalized spacial score (nSPS) is 29.0. The number of nitrogens with zero attached hydrogens (tertiary/aromatic N) is 1. The Labute approximate surface area is 171 Å². The molecule has 1 aliphatic rings. The van der Waals surface area contributed by atoms with E-state index in [1.807, 2.05) is 20.8 Å². The highest BCUT2D eigenvalue weighted by molar-refractivity contribution is 6.18. The lowest BCUT2D eigenvalue weighted by Crippen LogP contribution is -2.65. The molecule has 0 aromatic carbocycles. The third-order valence-corrected chi connectivity index (χ3v) is 4.77. The summed E-state index contributed by atoms with van der Waals surface area (Å²) in [6.07, 6.45) is -6.58. The zero-order chi connectivity index (χ0) is 21.3. The summed E-state index contributed by atoms with van der Waals surface area (Å²) in [5, 5.41) is 43.9. The number of hydrogen-bond acceptors (Lipinski definition) is 7. The number of carbonyl (C=O) groups excluding carboxylic acids is 1. The molecule has 10 heteroatoms. The zero-order valence-corrected chi connectivity index (χ0v) is 17.6. The van der Waals surface area contributed by atoms with Crippen LogP contribution in [0.3, 0.4) is 0 Å². The summed E-state index contributed by atoms with van der Waals surface area (Å²) in [5.41, 5.74) is 0. The quantitative estimate of drug-likeness (QED) is 0.181. The maximum Gasteiger partial charge on any atom is 0.319 e. The molecule has 166 valence electrons. The minimum absolute atomic E-state index is 0.208. The molecule has 1 aliphatic heterocycles. The molecule has 0 bridgehead atoms. The maximum absolute atomic E-state index is 12.5. The van der Waals surface area contributed by atoms with Crippen molar-refractivity contribution in [2.45, 2.75) is 77.0 Å². The Morgan fingerprint density at radius 3 is 2.50 bits per heavy atom. The molecule has 1 fully saturated rings. The lowest BCUT2D eigenvalue weighted by Gasteiger charge is -2.44. The molecule has 0 spiro atoms. The van der Waals surface area contributed by atoms with Gasteiger partial charge in [-0.25, -0.2) is 4.79 Å². The minimum Gasteiger partial charge on any atom is -0.387 e. The van der Waals surface area contributed by atoms with Crippen LogP contribution in [0.2, 0.25) is 0 Å². The maximum atomic E-state index is 12.5. The fourth-order valence-corrected chi connectivity index (χ4v) is 2.88. The molecule has 1 unspecified atom stereocenters. The lowest BCUT2D eigenvalue weighted by molar-refractivity contribution is -0.318. The molecular formula is C18H35ClN2O7. The van der Waals surface area contributed by atoms with Gasteiger partial charge in [-0.05, 0) is 18.8 Å². The second-order valence-electron chi connectivity index (χ2n) is 7.38. The molecule has 5 N–H and O–H groups in total. The Balaban J connectivity index is 2.92. The van der Waals surface area contributed by atoms with Crippen LogP contribution in [0.25, 0.3) is 0 Å². The molecule has 6 atom stereocenters. The van der Waals surface area contributed by atoms with E-state index in [0.717, 1.165) is 17.7 Å². The average Bonchev–Trinajstić information content (AvgIpc) is 2.66. The Hall–Kier alpha value is -0.680. The SMILES string of the molecule is CCCCO[C@H]1O[C@H](C(O)N(CCC(C)C)C(=O)NCCCl)[C@@H](O)[C@H](O)[C@H]1O. The number of halogens is 1. The number of alkyl halides is 1. The first-order chi connectivity index (χ1) is 13.2. The van der Waals surface area contributed by atoms with Crippen LogP contribution < -0.4 is 5.32 Å². The Kier molecular flexibility index (Phi) is 11.6. The van der Waals surface area contributed by atoms with Gasteiger partial charge in [0.15, 0.2) is 12.5 Å². The van der Waals surface area contributed by atoms with E-state index in [4.69, 9.17) is 21.1 Å². The molecule has 0 radical (unpaired) electrons. The predicted molar refractivity (Wildman–Crippen MR) is 104 cm³/mol. The highest BCUT2D eigenvalue weighted by Gasteiger charge is 2.48. The fraction of sp³-hybridized carbons (Fsp3) is 0.944. The number of carbonyl (C=O) groups is 1. The first kappa shape index (κ1) is 25.4. The third-order valence-electron chi connectivity index (χ3n) is 4.58. The van der Waals surface area contributed by atoms with Crippen LogP contribution >= 0.6 is 11.6 Å². The van der Waals surface area contributed by atoms with Crippen LogP contribution in [0.4, 0.5) is 4.79 Å². The molecule has 2 amide bonds. The molecule has 0 aromatic heterocycles. The van der Waals surface area contributed by atoms with E-state index in [2.05, 4.69) is 5.32 Å². The zero-order valence-electron chi connectivity index (χ0n) is 16.8. The molecule has 28 heavy (non-hydrogen) atoms. The number of nitrogens with one attached hydrogen (secondary N) is 1. The molecule has 0 aliphatic carbocycles. The molecule has 1 saturated heterocycles. The fourth-order valence-electron chi connectivity index (χ4n) is 2.79. The summed E-state index contributed by atoms with van der Waals surface area (Å²) in [6, 6.07) is -0.561. The Morgan fingerprint density at radius 2 is 1.93 bits per heavy atom. The van der Waals surface area contributed by atoms with Crippen LogP contribution in [0, 0.1) is 5.92 Å². The summed E-state index contributed by atoms with van der Waals surface area (Å²) in [5.74, 6) is 0.478. The summed E-state index contributed by atoms with van der Waals surface area (Å²) in [7, 11) is 0. The third kappa shape index (κ3) is 7.29. The Bertz CT molecular complexity index is 458. The molecule has 1 heterocycles. The first-order valence-corrected chi connectivity index (χ1v) is 10.4. The molecule has 1 rings (SSSR count). The number of unbranched alkanes of at least 4 members (excludes halogenated alkanes) is 1. The summed E-state index contributed by atoms with van der Waals surface area (Å²) in [4.78, 5) is 13.6. The van der Waals surface area contributed by atoms with Crippen LogP contribution in [-0.4, -0.2) is 93.9 Å². The van der Waals surface area contributed by atoms with Gasteiger partial charge in [0, 0.05) is 25.6 Å². The number of aliphatic hydroxyl groups is 4. The number of amides is 2. The van der Waals surface area contributed by atoms with E-state index < -0.39 is 43.0 Å². The summed E-state index contributed by atoms with van der Waals surface area (Å²) < 4.78 is 11.0. The summed E-state index contributed by atoms with van der Waals surface area (Å²) >= 11 is 5.61. The van der Waals surface area contributed by atoms with Crippen molar-refractivity contribution in [1.29, 1.82) is 0 Å². The van der Waals surface area contributed by atoms with Gasteiger partial charge in [0.25, 0.3) is 0 Å². The smallest absolute Gasteiger partial charge is 0.319 e. The number of urea groups is 1. The van der Waals surface area contributed by atoms with E-state index in [0.29, 0.717) is 6.42 Å². The van der Waals surface area contributed by atoms with E-state index in [1.54, 1.807) is 0 Å². The van der Waals surface area contributed by atoms with Gasteiger partial charge < -0.3 is 35.2 Å². The highest BCUT2D eigenvalue weighted by atomic mass is 35.5. The number of aliphatic hydroxyl groups excluding tert-OH is 4. The predicted octanol–water partition coefficient (Wildman–Crippen LogP) is 0.226. The van der Waals surface area contributed by atoms with E-state index in [9.17, 15) is 25.2 Å². The van der Waals surface area contributed by atoms with E-state index in [-0.39, 0.29) is 31.5 Å². The second kappa shape index (κ2) is 12.8. The largest absolute Gasteiger partial charge is 0.387 e. The van der Waals surface area contributed by atoms with Gasteiger partial charge in [0.05, 0.1) is 0 Å². The van der Waals surface area contributed by atoms with Gasteiger partial charge in [-0.15, -0.1) is 11.6 Å². The Morgan fingerprint density at radius 1 is 1.25 bits per heavy atom. The van der Waals surface area contributed by atoms with Crippen LogP contribution in [0.5, 0.6) is 0 Å².